The van der Waals surface area contributed by atoms with Crippen molar-refractivity contribution in [3.63, 3.8) is 0 Å². The maximum atomic E-state index is 13.5. The Hall–Kier alpha value is -1.69. The Morgan fingerprint density at radius 3 is 2.53 bits per heavy atom. The average molecular weight is 273 g/mol. The van der Waals surface area contributed by atoms with Crippen LogP contribution < -0.4 is 5.32 Å². The molecule has 0 fully saturated rings. The van der Waals surface area contributed by atoms with E-state index in [4.69, 9.17) is 9.84 Å². The first-order chi connectivity index (χ1) is 8.73. The SMILES string of the molecule is CC(C)(C)OC(=O)Nc1cc(CCO)cc(F)c1F. The van der Waals surface area contributed by atoms with Crippen molar-refractivity contribution in [1.29, 1.82) is 0 Å². The largest absolute Gasteiger partial charge is 0.444 e. The van der Waals surface area contributed by atoms with Gasteiger partial charge in [0.2, 0.25) is 0 Å². The van der Waals surface area contributed by atoms with Crippen LogP contribution in [0.1, 0.15) is 26.3 Å². The van der Waals surface area contributed by atoms with Crippen molar-refractivity contribution in [2.24, 2.45) is 0 Å². The number of amides is 1. The number of carbonyl (C=O) groups excluding carboxylic acids is 1. The molecule has 4 nitrogen and oxygen atoms in total. The first-order valence-electron chi connectivity index (χ1n) is 5.81. The summed E-state index contributed by atoms with van der Waals surface area (Å²) in [4.78, 5) is 11.5. The lowest BCUT2D eigenvalue weighted by atomic mass is 10.1. The third-order valence-electron chi connectivity index (χ3n) is 2.12. The van der Waals surface area contributed by atoms with Gasteiger partial charge in [0.1, 0.15) is 5.60 Å². The van der Waals surface area contributed by atoms with Gasteiger partial charge in [0.25, 0.3) is 0 Å². The second-order valence-corrected chi connectivity index (χ2v) is 5.04. The number of benzene rings is 1. The Kier molecular flexibility index (Phi) is 4.83. The first-order valence-corrected chi connectivity index (χ1v) is 5.81. The number of aliphatic hydroxyl groups excluding tert-OH is 1. The normalized spacial score (nSPS) is 11.3. The molecule has 2 N–H and O–H groups in total. The van der Waals surface area contributed by atoms with Crippen LogP contribution in [0.15, 0.2) is 12.1 Å². The highest BCUT2D eigenvalue weighted by atomic mass is 19.2. The number of rotatable bonds is 3. The van der Waals surface area contributed by atoms with Crippen molar-refractivity contribution < 1.29 is 23.4 Å². The number of ether oxygens (including phenoxy) is 1. The van der Waals surface area contributed by atoms with E-state index in [-0.39, 0.29) is 18.7 Å². The molecule has 0 saturated carbocycles. The van der Waals surface area contributed by atoms with E-state index in [0.717, 1.165) is 6.07 Å². The maximum Gasteiger partial charge on any atom is 0.412 e. The molecule has 0 radical (unpaired) electrons. The molecule has 0 heterocycles. The fourth-order valence-electron chi connectivity index (χ4n) is 1.42. The van der Waals surface area contributed by atoms with Gasteiger partial charge >= 0.3 is 6.09 Å². The quantitative estimate of drug-likeness (QED) is 0.890. The molecule has 1 amide bonds. The van der Waals surface area contributed by atoms with Crippen molar-refractivity contribution in [3.05, 3.63) is 29.3 Å². The molecule has 0 aliphatic rings. The zero-order valence-electron chi connectivity index (χ0n) is 11.1. The lowest BCUT2D eigenvalue weighted by Gasteiger charge is -2.20. The Balaban J connectivity index is 2.90. The zero-order valence-corrected chi connectivity index (χ0v) is 11.1. The fraction of sp³-hybridized carbons (Fsp3) is 0.462. The summed E-state index contributed by atoms with van der Waals surface area (Å²) in [6.07, 6.45) is -0.702. The summed E-state index contributed by atoms with van der Waals surface area (Å²) in [5.41, 5.74) is -0.660. The standard InChI is InChI=1S/C13H17F2NO3/c1-13(2,3)19-12(18)16-10-7-8(4-5-17)6-9(14)11(10)15/h6-7,17H,4-5H2,1-3H3,(H,16,18). The highest BCUT2D eigenvalue weighted by Crippen LogP contribution is 2.21. The Bertz CT molecular complexity index is 470. The van der Waals surface area contributed by atoms with Crippen LogP contribution in [0.2, 0.25) is 0 Å². The molecule has 0 spiro atoms. The molecule has 1 aromatic carbocycles. The molecule has 106 valence electrons. The van der Waals surface area contributed by atoms with Gasteiger partial charge in [0, 0.05) is 6.61 Å². The number of halogens is 2. The van der Waals surface area contributed by atoms with Gasteiger partial charge in [0.05, 0.1) is 5.69 Å². The van der Waals surface area contributed by atoms with E-state index in [1.54, 1.807) is 20.8 Å². The second-order valence-electron chi connectivity index (χ2n) is 5.04. The van der Waals surface area contributed by atoms with Crippen LogP contribution >= 0.6 is 0 Å². The van der Waals surface area contributed by atoms with E-state index >= 15 is 0 Å². The van der Waals surface area contributed by atoms with Crippen molar-refractivity contribution >= 4 is 11.8 Å². The van der Waals surface area contributed by atoms with Crippen molar-refractivity contribution in [2.45, 2.75) is 32.8 Å². The molecule has 19 heavy (non-hydrogen) atoms. The van der Waals surface area contributed by atoms with Gasteiger partial charge in [-0.05, 0) is 44.9 Å². The summed E-state index contributed by atoms with van der Waals surface area (Å²) in [6, 6.07) is 2.24. The molecule has 0 aliphatic carbocycles. The van der Waals surface area contributed by atoms with Crippen LogP contribution in [0.4, 0.5) is 19.3 Å². The Morgan fingerprint density at radius 1 is 1.37 bits per heavy atom. The molecular formula is C13H17F2NO3. The summed E-state index contributed by atoms with van der Waals surface area (Å²) < 4.78 is 31.8. The number of hydrogen-bond donors (Lipinski definition) is 2. The van der Waals surface area contributed by atoms with Crippen LogP contribution in [0.25, 0.3) is 0 Å². The van der Waals surface area contributed by atoms with Crippen LogP contribution in [-0.4, -0.2) is 23.4 Å². The van der Waals surface area contributed by atoms with Gasteiger partial charge in [0.15, 0.2) is 11.6 Å². The van der Waals surface area contributed by atoms with E-state index < -0.39 is 23.3 Å². The highest BCUT2D eigenvalue weighted by molar-refractivity contribution is 5.85. The average Bonchev–Trinajstić information content (AvgIpc) is 2.23. The number of carbonyl (C=O) groups is 1. The van der Waals surface area contributed by atoms with E-state index in [0.29, 0.717) is 5.56 Å². The molecule has 0 aromatic heterocycles. The molecule has 0 atom stereocenters. The van der Waals surface area contributed by atoms with Gasteiger partial charge in [-0.1, -0.05) is 0 Å². The molecule has 0 saturated heterocycles. The minimum atomic E-state index is -1.16. The van der Waals surface area contributed by atoms with Crippen molar-refractivity contribution in [2.75, 3.05) is 11.9 Å². The maximum absolute atomic E-state index is 13.5. The minimum Gasteiger partial charge on any atom is -0.444 e. The van der Waals surface area contributed by atoms with Crippen LogP contribution in [0.5, 0.6) is 0 Å². The lowest BCUT2D eigenvalue weighted by Crippen LogP contribution is -2.27. The summed E-state index contributed by atoms with van der Waals surface area (Å²) in [5.74, 6) is -2.25. The molecule has 0 bridgehead atoms. The van der Waals surface area contributed by atoms with E-state index in [1.807, 2.05) is 0 Å². The van der Waals surface area contributed by atoms with Gasteiger partial charge in [-0.2, -0.15) is 0 Å². The predicted molar refractivity (Wildman–Crippen MR) is 67.0 cm³/mol. The van der Waals surface area contributed by atoms with Crippen molar-refractivity contribution in [1.82, 2.24) is 0 Å². The molecule has 0 unspecified atom stereocenters. The van der Waals surface area contributed by atoms with Gasteiger partial charge in [-0.3, -0.25) is 5.32 Å². The summed E-state index contributed by atoms with van der Waals surface area (Å²) in [5, 5.41) is 10.9. The summed E-state index contributed by atoms with van der Waals surface area (Å²) in [7, 11) is 0. The zero-order chi connectivity index (χ0) is 14.6. The van der Waals surface area contributed by atoms with Crippen LogP contribution in [0, 0.1) is 11.6 Å². The fourth-order valence-corrected chi connectivity index (χ4v) is 1.42. The highest BCUT2D eigenvalue weighted by Gasteiger charge is 2.19. The monoisotopic (exact) mass is 273 g/mol. The van der Waals surface area contributed by atoms with Crippen molar-refractivity contribution in [3.8, 4) is 0 Å². The van der Waals surface area contributed by atoms with Gasteiger partial charge in [-0.15, -0.1) is 0 Å². The smallest absolute Gasteiger partial charge is 0.412 e. The molecule has 1 aromatic rings. The predicted octanol–water partition coefficient (Wildman–Crippen LogP) is 2.85. The molecular weight excluding hydrogens is 256 g/mol. The number of nitrogens with one attached hydrogen (secondary N) is 1. The Morgan fingerprint density at radius 2 is 2.00 bits per heavy atom. The molecule has 0 aliphatic heterocycles. The van der Waals surface area contributed by atoms with Crippen LogP contribution in [0.3, 0.4) is 0 Å². The second kappa shape index (κ2) is 5.97. The minimum absolute atomic E-state index is 0.167. The first kappa shape index (κ1) is 15.4. The molecule has 6 heteroatoms. The number of aliphatic hydroxyl groups is 1. The number of hydrogen-bond acceptors (Lipinski definition) is 3. The van der Waals surface area contributed by atoms with Gasteiger partial charge < -0.3 is 9.84 Å². The summed E-state index contributed by atoms with van der Waals surface area (Å²) in [6.45, 7) is 4.78. The Labute approximate surface area is 110 Å². The van der Waals surface area contributed by atoms with E-state index in [9.17, 15) is 13.6 Å². The molecule has 1 rings (SSSR count). The third kappa shape index (κ3) is 4.82. The lowest BCUT2D eigenvalue weighted by molar-refractivity contribution is 0.0635. The van der Waals surface area contributed by atoms with E-state index in [2.05, 4.69) is 5.32 Å². The third-order valence-corrected chi connectivity index (χ3v) is 2.12. The van der Waals surface area contributed by atoms with E-state index in [1.165, 1.54) is 6.07 Å². The van der Waals surface area contributed by atoms with Crippen LogP contribution in [-0.2, 0) is 11.2 Å². The topological polar surface area (TPSA) is 58.6 Å². The number of anilines is 1. The van der Waals surface area contributed by atoms with Gasteiger partial charge in [-0.25, -0.2) is 13.6 Å². The summed E-state index contributed by atoms with van der Waals surface area (Å²) >= 11 is 0.